The van der Waals surface area contributed by atoms with Crippen molar-refractivity contribution in [2.45, 2.75) is 179 Å². The third-order valence-electron chi connectivity index (χ3n) is 11.6. The monoisotopic (exact) mass is 719 g/mol. The van der Waals surface area contributed by atoms with Gasteiger partial charge in [-0.15, -0.1) is 0 Å². The average molecular weight is 719 g/mol. The van der Waals surface area contributed by atoms with E-state index in [0.29, 0.717) is 87.6 Å². The molecule has 9 heteroatoms. The molecule has 0 saturated carbocycles. The Morgan fingerprint density at radius 2 is 0.688 bits per heavy atom. The standard InChI is InChI=1S/C39H82O7Si2/c1-13-33(14-2)27-40-39(41-28-34(15-3)16-4)25-26-47(42-29-35(17-5)18-6,43-30-36(19-7)20-8)48(46-39,44-31-37(21-9)22-10)45-32-38(23-11)24-12/h33-38H,13-32H2,1-12H3. The molecule has 0 amide bonds. The molecule has 1 rings (SSSR count). The minimum absolute atomic E-state index is 0.395. The predicted molar refractivity (Wildman–Crippen MR) is 205 cm³/mol. The van der Waals surface area contributed by atoms with Gasteiger partial charge in [0.2, 0.25) is 0 Å². The molecule has 0 bridgehead atoms. The van der Waals surface area contributed by atoms with E-state index in [-0.39, 0.29) is 0 Å². The SMILES string of the molecule is CCC(CC)COC1(OCC(CC)CC)CC[Si](OCC(CC)CC)(OCC(CC)CC)[Si](OCC(CC)CC)(OCC(CC)CC)O1. The first kappa shape index (κ1) is 46.2. The highest BCUT2D eigenvalue weighted by molar-refractivity contribution is 7.29. The summed E-state index contributed by atoms with van der Waals surface area (Å²) >= 11 is 0. The quantitative estimate of drug-likeness (QED) is 0.0541. The van der Waals surface area contributed by atoms with Gasteiger partial charge in [0.05, 0.1) is 13.2 Å². The van der Waals surface area contributed by atoms with Crippen LogP contribution in [0.3, 0.4) is 0 Å². The van der Waals surface area contributed by atoms with Crippen molar-refractivity contribution >= 4 is 16.4 Å². The summed E-state index contributed by atoms with van der Waals surface area (Å²) in [7, 11) is -6.97. The molecule has 288 valence electrons. The van der Waals surface area contributed by atoms with Crippen LogP contribution < -0.4 is 0 Å². The van der Waals surface area contributed by atoms with E-state index in [1.807, 2.05) is 0 Å². The van der Waals surface area contributed by atoms with Crippen LogP contribution in [0.1, 0.15) is 167 Å². The van der Waals surface area contributed by atoms with Crippen LogP contribution >= 0.6 is 0 Å². The highest BCUT2D eigenvalue weighted by Gasteiger charge is 2.75. The molecular weight excluding hydrogens is 637 g/mol. The number of ether oxygens (including phenoxy) is 2. The van der Waals surface area contributed by atoms with Gasteiger partial charge in [-0.1, -0.05) is 160 Å². The minimum atomic E-state index is -3.71. The molecule has 1 saturated heterocycles. The second-order valence-corrected chi connectivity index (χ2v) is 23.2. The normalized spacial score (nSPS) is 17.6. The number of hydrogen-bond acceptors (Lipinski definition) is 7. The fraction of sp³-hybridized carbons (Fsp3) is 1.00. The van der Waals surface area contributed by atoms with Crippen molar-refractivity contribution in [3.05, 3.63) is 0 Å². The Morgan fingerprint density at radius 1 is 0.417 bits per heavy atom. The third kappa shape index (κ3) is 13.9. The molecule has 7 nitrogen and oxygen atoms in total. The molecule has 0 atom stereocenters. The predicted octanol–water partition coefficient (Wildman–Crippen LogP) is 11.2. The largest absolute Gasteiger partial charge is 0.543 e. The second-order valence-electron chi connectivity index (χ2n) is 14.6. The molecule has 0 aromatic rings. The van der Waals surface area contributed by atoms with Gasteiger partial charge in [0.15, 0.2) is 0 Å². The molecule has 1 aliphatic heterocycles. The second kappa shape index (κ2) is 25.2. The molecule has 0 aromatic carbocycles. The number of rotatable bonds is 30. The van der Waals surface area contributed by atoms with Crippen molar-refractivity contribution in [1.82, 2.24) is 0 Å². The average Bonchev–Trinajstić information content (AvgIpc) is 3.12. The van der Waals surface area contributed by atoms with E-state index in [0.717, 1.165) is 77.0 Å². The first-order valence-electron chi connectivity index (χ1n) is 20.7. The van der Waals surface area contributed by atoms with E-state index < -0.39 is 22.4 Å². The van der Waals surface area contributed by atoms with Crippen molar-refractivity contribution in [2.24, 2.45) is 35.5 Å². The summed E-state index contributed by atoms with van der Waals surface area (Å²) in [6, 6.07) is 0.678. The minimum Gasteiger partial charge on any atom is -0.391 e. The zero-order valence-corrected chi connectivity index (χ0v) is 36.0. The maximum absolute atomic E-state index is 7.50. The van der Waals surface area contributed by atoms with Crippen LogP contribution in [0.5, 0.6) is 0 Å². The third-order valence-corrected chi connectivity index (χ3v) is 22.0. The van der Waals surface area contributed by atoms with Crippen molar-refractivity contribution in [1.29, 1.82) is 0 Å². The maximum Gasteiger partial charge on any atom is 0.543 e. The Bertz CT molecular complexity index is 715. The molecular formula is C39H82O7Si2. The highest BCUT2D eigenvalue weighted by Crippen LogP contribution is 2.45. The van der Waals surface area contributed by atoms with Crippen LogP contribution in [-0.4, -0.2) is 62.0 Å². The Kier molecular flexibility index (Phi) is 24.2. The lowest BCUT2D eigenvalue weighted by Crippen LogP contribution is -2.78. The fourth-order valence-corrected chi connectivity index (χ4v) is 16.9. The zero-order valence-electron chi connectivity index (χ0n) is 34.0. The van der Waals surface area contributed by atoms with E-state index >= 15 is 0 Å². The fourth-order valence-electron chi connectivity index (χ4n) is 6.33. The molecule has 1 fully saturated rings. The molecule has 48 heavy (non-hydrogen) atoms. The summed E-state index contributed by atoms with van der Waals surface area (Å²) in [6.45, 7) is 30.5. The molecule has 0 spiro atoms. The summed E-state index contributed by atoms with van der Waals surface area (Å²) in [5, 5.41) is 0. The maximum atomic E-state index is 7.50. The highest BCUT2D eigenvalue weighted by atomic mass is 29.3. The Balaban J connectivity index is 3.95. The van der Waals surface area contributed by atoms with Gasteiger partial charge in [-0.3, -0.25) is 0 Å². The molecule has 0 unspecified atom stereocenters. The van der Waals surface area contributed by atoms with Gasteiger partial charge in [0.1, 0.15) is 0 Å². The topological polar surface area (TPSA) is 64.6 Å². The van der Waals surface area contributed by atoms with Crippen molar-refractivity contribution in [3.8, 4) is 0 Å². The van der Waals surface area contributed by atoms with Gasteiger partial charge in [0, 0.05) is 38.9 Å². The van der Waals surface area contributed by atoms with E-state index in [9.17, 15) is 0 Å². The lowest BCUT2D eigenvalue weighted by molar-refractivity contribution is -0.369. The summed E-state index contributed by atoms with van der Waals surface area (Å²) in [5.41, 5.74) is 0. The van der Waals surface area contributed by atoms with E-state index in [1.54, 1.807) is 0 Å². The van der Waals surface area contributed by atoms with E-state index in [2.05, 4.69) is 83.1 Å². The summed E-state index contributed by atoms with van der Waals surface area (Å²) in [5.74, 6) is 1.29. The van der Waals surface area contributed by atoms with Crippen LogP contribution in [0.2, 0.25) is 6.04 Å². The van der Waals surface area contributed by atoms with E-state index in [1.165, 1.54) is 0 Å². The van der Waals surface area contributed by atoms with Gasteiger partial charge in [-0.2, -0.15) is 0 Å². The van der Waals surface area contributed by atoms with Crippen LogP contribution in [0, 0.1) is 35.5 Å². The molecule has 0 radical (unpaired) electrons. The van der Waals surface area contributed by atoms with Crippen LogP contribution in [0.15, 0.2) is 0 Å². The molecule has 0 N–H and O–H groups in total. The smallest absolute Gasteiger partial charge is 0.391 e. The molecule has 1 heterocycles. The van der Waals surface area contributed by atoms with Gasteiger partial charge in [0.25, 0.3) is 5.97 Å². The first-order valence-corrected chi connectivity index (χ1v) is 25.4. The molecule has 0 aromatic heterocycles. The Hall–Kier alpha value is 0.154. The first-order chi connectivity index (χ1) is 23.1. The van der Waals surface area contributed by atoms with Crippen molar-refractivity contribution < 1.29 is 31.6 Å². The summed E-state index contributed by atoms with van der Waals surface area (Å²) in [4.78, 5) is 0. The van der Waals surface area contributed by atoms with Crippen LogP contribution in [0.25, 0.3) is 0 Å². The van der Waals surface area contributed by atoms with E-state index in [4.69, 9.17) is 31.6 Å². The van der Waals surface area contributed by atoms with Crippen molar-refractivity contribution in [2.75, 3.05) is 39.6 Å². The Labute approximate surface area is 301 Å². The Morgan fingerprint density at radius 3 is 0.979 bits per heavy atom. The van der Waals surface area contributed by atoms with Gasteiger partial charge < -0.3 is 31.6 Å². The summed E-state index contributed by atoms with van der Waals surface area (Å²) < 4.78 is 50.5. The van der Waals surface area contributed by atoms with Gasteiger partial charge in [-0.25, -0.2) is 0 Å². The van der Waals surface area contributed by atoms with Gasteiger partial charge >= 0.3 is 16.4 Å². The zero-order chi connectivity index (χ0) is 36.1. The van der Waals surface area contributed by atoms with Gasteiger partial charge in [-0.05, 0) is 35.5 Å². The van der Waals surface area contributed by atoms with Crippen LogP contribution in [-0.2, 0) is 31.6 Å². The lowest BCUT2D eigenvalue weighted by Gasteiger charge is -2.52. The lowest BCUT2D eigenvalue weighted by atomic mass is 10.1. The van der Waals surface area contributed by atoms with Crippen molar-refractivity contribution in [3.63, 3.8) is 0 Å². The summed E-state index contributed by atoms with van der Waals surface area (Å²) in [6.07, 6.45) is 13.1. The molecule has 1 aliphatic rings. The van der Waals surface area contributed by atoms with Crippen LogP contribution in [0.4, 0.5) is 0 Å². The molecule has 0 aliphatic carbocycles. The number of hydrogen-bond donors (Lipinski definition) is 0.